The van der Waals surface area contributed by atoms with Crippen LogP contribution in [0.15, 0.2) is 53.3 Å². The summed E-state index contributed by atoms with van der Waals surface area (Å²) in [7, 11) is 1.53. The van der Waals surface area contributed by atoms with E-state index in [9.17, 15) is 4.79 Å². The van der Waals surface area contributed by atoms with E-state index < -0.39 is 0 Å². The number of rotatable bonds is 8. The number of nitrogens with zero attached hydrogens (tertiary/aromatic N) is 2. The largest absolute Gasteiger partial charge is 0.493 e. The van der Waals surface area contributed by atoms with Crippen molar-refractivity contribution in [1.82, 2.24) is 15.5 Å². The molecule has 0 fully saturated rings. The Kier molecular flexibility index (Phi) is 6.49. The Morgan fingerprint density at radius 2 is 2.00 bits per heavy atom. The van der Waals surface area contributed by atoms with Crippen LogP contribution in [-0.2, 0) is 6.61 Å². The molecule has 0 saturated carbocycles. The lowest BCUT2D eigenvalue weighted by atomic mass is 10.1. The van der Waals surface area contributed by atoms with Crippen molar-refractivity contribution in [2.24, 2.45) is 0 Å². The normalized spacial score (nSPS) is 11.7. The lowest BCUT2D eigenvalue weighted by Gasteiger charge is -2.16. The number of aromatic nitrogens is 2. The van der Waals surface area contributed by atoms with Gasteiger partial charge in [0.05, 0.1) is 13.2 Å². The zero-order chi connectivity index (χ0) is 19.9. The molecule has 1 amide bonds. The summed E-state index contributed by atoms with van der Waals surface area (Å²) in [5, 5.41) is 7.32. The van der Waals surface area contributed by atoms with Crippen LogP contribution >= 0.6 is 11.6 Å². The number of hydrogen-bond acceptors (Lipinski definition) is 6. The van der Waals surface area contributed by atoms with Crippen molar-refractivity contribution in [2.75, 3.05) is 7.11 Å². The molecule has 0 saturated heterocycles. The van der Waals surface area contributed by atoms with Gasteiger partial charge in [-0.25, -0.2) is 0 Å². The summed E-state index contributed by atoms with van der Waals surface area (Å²) in [6, 6.07) is 10.2. The van der Waals surface area contributed by atoms with Gasteiger partial charge in [-0.3, -0.25) is 9.78 Å². The zero-order valence-corrected chi connectivity index (χ0v) is 16.3. The van der Waals surface area contributed by atoms with E-state index in [0.29, 0.717) is 22.3 Å². The fraction of sp³-hybridized carbons (Fsp3) is 0.250. The average Bonchev–Trinajstić information content (AvgIpc) is 3.20. The second-order valence-corrected chi connectivity index (χ2v) is 6.41. The number of amides is 1. The Labute approximate surface area is 167 Å². The highest BCUT2D eigenvalue weighted by atomic mass is 35.5. The van der Waals surface area contributed by atoms with Crippen LogP contribution in [0.3, 0.4) is 0 Å². The molecule has 1 aromatic carbocycles. The fourth-order valence-corrected chi connectivity index (χ4v) is 2.81. The maximum Gasteiger partial charge on any atom is 0.273 e. The molecule has 0 bridgehead atoms. The molecule has 0 aliphatic carbocycles. The monoisotopic (exact) mass is 401 g/mol. The van der Waals surface area contributed by atoms with Gasteiger partial charge >= 0.3 is 0 Å². The maximum atomic E-state index is 12.5. The van der Waals surface area contributed by atoms with Crippen LogP contribution in [0.25, 0.3) is 0 Å². The molecule has 0 aliphatic rings. The van der Waals surface area contributed by atoms with E-state index >= 15 is 0 Å². The topological polar surface area (TPSA) is 86.5 Å². The van der Waals surface area contributed by atoms with Crippen molar-refractivity contribution in [3.05, 3.63) is 70.8 Å². The van der Waals surface area contributed by atoms with Gasteiger partial charge in [0, 0.05) is 29.5 Å². The second kappa shape index (κ2) is 9.23. The minimum atomic E-state index is -0.317. The van der Waals surface area contributed by atoms with Gasteiger partial charge in [-0.2, -0.15) is 0 Å². The van der Waals surface area contributed by atoms with E-state index in [-0.39, 0.29) is 24.2 Å². The average molecular weight is 402 g/mol. The summed E-state index contributed by atoms with van der Waals surface area (Å²) in [5.74, 6) is 1.12. The number of benzene rings is 1. The zero-order valence-electron chi connectivity index (χ0n) is 15.5. The Hall–Kier alpha value is -3.06. The molecule has 1 atom stereocenters. The van der Waals surface area contributed by atoms with Crippen LogP contribution in [0.2, 0.25) is 5.02 Å². The van der Waals surface area contributed by atoms with Gasteiger partial charge in [0.1, 0.15) is 6.61 Å². The first-order chi connectivity index (χ1) is 13.6. The Balaban J connectivity index is 1.62. The lowest BCUT2D eigenvalue weighted by Crippen LogP contribution is -2.28. The smallest absolute Gasteiger partial charge is 0.273 e. The number of hydrogen-bond donors (Lipinski definition) is 1. The number of nitrogens with one attached hydrogen (secondary N) is 1. The SMILES string of the molecule is CC[C@H](NC(=O)c1cc(COc2ccc(Cl)cc2OC)on1)c1ccncc1. The maximum absolute atomic E-state index is 12.5. The molecule has 0 unspecified atom stereocenters. The van der Waals surface area contributed by atoms with E-state index in [4.69, 9.17) is 25.6 Å². The lowest BCUT2D eigenvalue weighted by molar-refractivity contribution is 0.0926. The predicted octanol–water partition coefficient (Wildman–Crippen LogP) is 4.19. The summed E-state index contributed by atoms with van der Waals surface area (Å²) in [6.45, 7) is 2.09. The standard InChI is InChI=1S/C20H20ClN3O4/c1-3-16(13-6-8-22-9-7-13)23-20(25)17-11-15(28-24-17)12-27-18-5-4-14(21)10-19(18)26-2/h4-11,16H,3,12H2,1-2H3,(H,23,25)/t16-/m0/s1. The van der Waals surface area contributed by atoms with E-state index in [2.05, 4.69) is 15.5 Å². The highest BCUT2D eigenvalue weighted by Gasteiger charge is 2.18. The molecule has 1 N–H and O–H groups in total. The molecule has 146 valence electrons. The van der Waals surface area contributed by atoms with Crippen molar-refractivity contribution in [3.63, 3.8) is 0 Å². The highest BCUT2D eigenvalue weighted by Crippen LogP contribution is 2.30. The predicted molar refractivity (Wildman–Crippen MR) is 104 cm³/mol. The van der Waals surface area contributed by atoms with Gasteiger partial charge < -0.3 is 19.3 Å². The molecular formula is C20H20ClN3O4. The summed E-state index contributed by atoms with van der Waals surface area (Å²) < 4.78 is 16.1. The summed E-state index contributed by atoms with van der Waals surface area (Å²) in [6.07, 6.45) is 4.13. The molecule has 0 aliphatic heterocycles. The molecule has 3 rings (SSSR count). The molecule has 0 spiro atoms. The summed E-state index contributed by atoms with van der Waals surface area (Å²) in [4.78, 5) is 16.5. The third-order valence-corrected chi connectivity index (χ3v) is 4.34. The first kappa shape index (κ1) is 19.7. The Bertz CT molecular complexity index is 930. The third kappa shape index (κ3) is 4.80. The Morgan fingerprint density at radius 1 is 1.21 bits per heavy atom. The van der Waals surface area contributed by atoms with Crippen molar-refractivity contribution in [3.8, 4) is 11.5 Å². The number of pyridine rings is 1. The van der Waals surface area contributed by atoms with Crippen molar-refractivity contribution in [2.45, 2.75) is 26.0 Å². The van der Waals surface area contributed by atoms with Crippen LogP contribution in [0.4, 0.5) is 0 Å². The molecule has 3 aromatic rings. The summed E-state index contributed by atoms with van der Waals surface area (Å²) in [5.41, 5.74) is 1.17. The van der Waals surface area contributed by atoms with E-state index in [1.807, 2.05) is 19.1 Å². The molecule has 2 aromatic heterocycles. The molecule has 0 radical (unpaired) electrons. The number of carbonyl (C=O) groups is 1. The minimum Gasteiger partial charge on any atom is -0.493 e. The minimum absolute atomic E-state index is 0.0971. The van der Waals surface area contributed by atoms with Gasteiger partial charge in [-0.1, -0.05) is 23.7 Å². The second-order valence-electron chi connectivity index (χ2n) is 5.98. The van der Waals surface area contributed by atoms with Crippen LogP contribution in [-0.4, -0.2) is 23.2 Å². The number of halogens is 1. The van der Waals surface area contributed by atoms with Gasteiger partial charge in [-0.15, -0.1) is 0 Å². The molecule has 7 nitrogen and oxygen atoms in total. The van der Waals surface area contributed by atoms with Crippen molar-refractivity contribution < 1.29 is 18.8 Å². The molecule has 2 heterocycles. The van der Waals surface area contributed by atoms with Crippen LogP contribution < -0.4 is 14.8 Å². The quantitative estimate of drug-likeness (QED) is 0.609. The number of ether oxygens (including phenoxy) is 2. The van der Waals surface area contributed by atoms with Crippen LogP contribution in [0, 0.1) is 0 Å². The van der Waals surface area contributed by atoms with E-state index in [0.717, 1.165) is 12.0 Å². The van der Waals surface area contributed by atoms with Gasteiger partial charge in [0.2, 0.25) is 0 Å². The summed E-state index contributed by atoms with van der Waals surface area (Å²) >= 11 is 5.94. The first-order valence-corrected chi connectivity index (χ1v) is 9.11. The van der Waals surface area contributed by atoms with Gasteiger partial charge in [0.15, 0.2) is 23.0 Å². The Morgan fingerprint density at radius 3 is 2.71 bits per heavy atom. The first-order valence-electron chi connectivity index (χ1n) is 8.73. The van der Waals surface area contributed by atoms with Crippen molar-refractivity contribution in [1.29, 1.82) is 0 Å². The molecular weight excluding hydrogens is 382 g/mol. The number of carbonyl (C=O) groups excluding carboxylic acids is 1. The van der Waals surface area contributed by atoms with Crippen molar-refractivity contribution >= 4 is 17.5 Å². The van der Waals surface area contributed by atoms with Crippen LogP contribution in [0.5, 0.6) is 11.5 Å². The fourth-order valence-electron chi connectivity index (χ4n) is 2.65. The highest BCUT2D eigenvalue weighted by molar-refractivity contribution is 6.30. The van der Waals surface area contributed by atoms with Crippen LogP contribution in [0.1, 0.15) is 41.2 Å². The molecule has 28 heavy (non-hydrogen) atoms. The molecule has 8 heteroatoms. The third-order valence-electron chi connectivity index (χ3n) is 4.11. The van der Waals surface area contributed by atoms with E-state index in [1.54, 1.807) is 36.7 Å². The van der Waals surface area contributed by atoms with Gasteiger partial charge in [-0.05, 0) is 36.2 Å². The van der Waals surface area contributed by atoms with E-state index in [1.165, 1.54) is 7.11 Å². The van der Waals surface area contributed by atoms with Gasteiger partial charge in [0.25, 0.3) is 5.91 Å². The number of methoxy groups -OCH3 is 1.